The van der Waals surface area contributed by atoms with Gasteiger partial charge in [-0.2, -0.15) is 5.26 Å². The molecule has 1 aromatic carbocycles. The summed E-state index contributed by atoms with van der Waals surface area (Å²) in [6.07, 6.45) is 6.33. The SMILES string of the molecule is C=CCn1c(CNc2ccccc2)nnc1SCCC(=O)Nc1sc2c(c1C#N)CCCC2. The predicted octanol–water partition coefficient (Wildman–Crippen LogP) is 5.01. The van der Waals surface area contributed by atoms with E-state index < -0.39 is 0 Å². The first-order valence-electron chi connectivity index (χ1n) is 11.0. The van der Waals surface area contributed by atoms with Gasteiger partial charge in [0.25, 0.3) is 0 Å². The molecule has 0 spiro atoms. The maximum absolute atomic E-state index is 12.6. The van der Waals surface area contributed by atoms with E-state index in [0.717, 1.165) is 47.9 Å². The van der Waals surface area contributed by atoms with E-state index in [1.165, 1.54) is 16.6 Å². The van der Waals surface area contributed by atoms with E-state index in [9.17, 15) is 10.1 Å². The Kier molecular flexibility index (Phi) is 7.81. The summed E-state index contributed by atoms with van der Waals surface area (Å²) < 4.78 is 2.01. The molecule has 2 N–H and O–H groups in total. The highest BCUT2D eigenvalue weighted by molar-refractivity contribution is 7.99. The van der Waals surface area contributed by atoms with E-state index in [2.05, 4.69) is 33.5 Å². The number of anilines is 2. The van der Waals surface area contributed by atoms with E-state index in [1.54, 1.807) is 11.3 Å². The highest BCUT2D eigenvalue weighted by atomic mass is 32.2. The first kappa shape index (κ1) is 23.1. The van der Waals surface area contributed by atoms with E-state index in [-0.39, 0.29) is 5.91 Å². The van der Waals surface area contributed by atoms with Gasteiger partial charge >= 0.3 is 0 Å². The number of nitrogens with zero attached hydrogens (tertiary/aromatic N) is 4. The maximum atomic E-state index is 12.6. The van der Waals surface area contributed by atoms with Crippen molar-refractivity contribution in [3.63, 3.8) is 0 Å². The van der Waals surface area contributed by atoms with Gasteiger partial charge in [0, 0.05) is 29.3 Å². The Hall–Kier alpha value is -3.09. The molecule has 1 aliphatic rings. The second-order valence-electron chi connectivity index (χ2n) is 7.69. The monoisotopic (exact) mass is 478 g/mol. The summed E-state index contributed by atoms with van der Waals surface area (Å²) in [7, 11) is 0. The fourth-order valence-electron chi connectivity index (χ4n) is 3.80. The summed E-state index contributed by atoms with van der Waals surface area (Å²) in [5.74, 6) is 1.30. The average Bonchev–Trinajstić information content (AvgIpc) is 3.38. The van der Waals surface area contributed by atoms with Gasteiger partial charge < -0.3 is 15.2 Å². The number of hydrogen-bond donors (Lipinski definition) is 2. The van der Waals surface area contributed by atoms with Crippen LogP contribution < -0.4 is 10.6 Å². The number of nitrogens with one attached hydrogen (secondary N) is 2. The molecule has 0 fully saturated rings. The normalized spacial score (nSPS) is 12.6. The molecule has 0 radical (unpaired) electrons. The number of thioether (sulfide) groups is 1. The number of nitriles is 1. The Labute approximate surface area is 201 Å². The van der Waals surface area contributed by atoms with E-state index in [4.69, 9.17) is 0 Å². The lowest BCUT2D eigenvalue weighted by molar-refractivity contribution is -0.115. The average molecular weight is 479 g/mol. The predicted molar refractivity (Wildman–Crippen MR) is 134 cm³/mol. The number of para-hydroxylation sites is 1. The van der Waals surface area contributed by atoms with Gasteiger partial charge in [-0.1, -0.05) is 36.0 Å². The van der Waals surface area contributed by atoms with Gasteiger partial charge in [-0.3, -0.25) is 4.79 Å². The highest BCUT2D eigenvalue weighted by Gasteiger charge is 2.22. The first-order valence-corrected chi connectivity index (χ1v) is 12.8. The smallest absolute Gasteiger partial charge is 0.225 e. The molecule has 2 aromatic heterocycles. The second-order valence-corrected chi connectivity index (χ2v) is 9.86. The van der Waals surface area contributed by atoms with Gasteiger partial charge in [0.2, 0.25) is 5.91 Å². The largest absolute Gasteiger partial charge is 0.378 e. The minimum atomic E-state index is -0.0849. The van der Waals surface area contributed by atoms with E-state index in [0.29, 0.717) is 35.8 Å². The lowest BCUT2D eigenvalue weighted by Gasteiger charge is -2.09. The van der Waals surface area contributed by atoms with Crippen molar-refractivity contribution in [3.8, 4) is 6.07 Å². The van der Waals surface area contributed by atoms with Crippen LogP contribution >= 0.6 is 23.1 Å². The van der Waals surface area contributed by atoms with Crippen LogP contribution in [0.3, 0.4) is 0 Å². The second kappa shape index (κ2) is 11.2. The number of aryl methyl sites for hydroxylation is 1. The van der Waals surface area contributed by atoms with E-state index >= 15 is 0 Å². The van der Waals surface area contributed by atoms with Crippen molar-refractivity contribution in [2.24, 2.45) is 0 Å². The molecule has 0 saturated heterocycles. The molecule has 1 aliphatic carbocycles. The van der Waals surface area contributed by atoms with Gasteiger partial charge in [-0.25, -0.2) is 0 Å². The van der Waals surface area contributed by atoms with Crippen molar-refractivity contribution < 1.29 is 4.79 Å². The van der Waals surface area contributed by atoms with Gasteiger partial charge in [0.1, 0.15) is 11.1 Å². The number of allylic oxidation sites excluding steroid dienone is 1. The minimum Gasteiger partial charge on any atom is -0.378 e. The van der Waals surface area contributed by atoms with Crippen molar-refractivity contribution in [3.05, 3.63) is 64.8 Å². The van der Waals surface area contributed by atoms with Gasteiger partial charge in [-0.05, 0) is 43.4 Å². The Morgan fingerprint density at radius 1 is 1.27 bits per heavy atom. The van der Waals surface area contributed by atoms with Crippen LogP contribution in [0.5, 0.6) is 0 Å². The van der Waals surface area contributed by atoms with Crippen molar-refractivity contribution in [1.29, 1.82) is 5.26 Å². The van der Waals surface area contributed by atoms with Crippen LogP contribution in [-0.2, 0) is 30.7 Å². The van der Waals surface area contributed by atoms with Crippen LogP contribution in [0.15, 0.2) is 48.1 Å². The molecule has 9 heteroatoms. The van der Waals surface area contributed by atoms with Crippen LogP contribution in [0.25, 0.3) is 0 Å². The van der Waals surface area contributed by atoms with Crippen LogP contribution in [0.2, 0.25) is 0 Å². The molecule has 1 amide bonds. The van der Waals surface area contributed by atoms with Gasteiger partial charge in [0.05, 0.1) is 12.1 Å². The number of amides is 1. The molecule has 170 valence electrons. The molecule has 4 rings (SSSR count). The Balaban J connectivity index is 1.33. The van der Waals surface area contributed by atoms with Crippen LogP contribution in [0, 0.1) is 11.3 Å². The quantitative estimate of drug-likeness (QED) is 0.314. The van der Waals surface area contributed by atoms with E-state index in [1.807, 2.05) is 41.0 Å². The lowest BCUT2D eigenvalue weighted by Crippen LogP contribution is -2.13. The summed E-state index contributed by atoms with van der Waals surface area (Å²) >= 11 is 3.05. The molecule has 3 aromatic rings. The fraction of sp³-hybridized carbons (Fsp3) is 0.333. The summed E-state index contributed by atoms with van der Waals surface area (Å²) in [6.45, 7) is 4.98. The summed E-state index contributed by atoms with van der Waals surface area (Å²) in [4.78, 5) is 13.8. The maximum Gasteiger partial charge on any atom is 0.225 e. The summed E-state index contributed by atoms with van der Waals surface area (Å²) in [5, 5.41) is 26.0. The third kappa shape index (κ3) is 5.64. The summed E-state index contributed by atoms with van der Waals surface area (Å²) in [6, 6.07) is 12.2. The Bertz CT molecular complexity index is 1160. The highest BCUT2D eigenvalue weighted by Crippen LogP contribution is 2.37. The number of fused-ring (bicyclic) bond motifs is 1. The number of thiophene rings is 1. The van der Waals surface area contributed by atoms with Crippen molar-refractivity contribution >= 4 is 39.7 Å². The number of carbonyl (C=O) groups excluding carboxylic acids is 1. The third-order valence-corrected chi connectivity index (χ3v) is 7.60. The summed E-state index contributed by atoms with van der Waals surface area (Å²) in [5.41, 5.74) is 2.80. The Morgan fingerprint density at radius 3 is 2.88 bits per heavy atom. The standard InChI is InChI=1S/C24H26N6OS2/c1-2-13-30-21(16-26-17-8-4-3-5-9-17)28-29-24(30)32-14-12-22(31)27-23-19(15-25)18-10-6-7-11-20(18)33-23/h2-5,8-9,26H,1,6-7,10-14,16H2,(H,27,31). The van der Waals surface area contributed by atoms with Gasteiger partial charge in [0.15, 0.2) is 11.0 Å². The first-order chi connectivity index (χ1) is 16.2. The molecular formula is C24H26N6OS2. The van der Waals surface area contributed by atoms with Crippen molar-refractivity contribution in [1.82, 2.24) is 14.8 Å². The zero-order valence-electron chi connectivity index (χ0n) is 18.3. The minimum absolute atomic E-state index is 0.0849. The molecule has 0 aliphatic heterocycles. The molecule has 0 bridgehead atoms. The molecule has 0 saturated carbocycles. The van der Waals surface area contributed by atoms with Crippen molar-refractivity contribution in [2.75, 3.05) is 16.4 Å². The number of carbonyl (C=O) groups is 1. The fourth-order valence-corrected chi connectivity index (χ4v) is 5.96. The zero-order valence-corrected chi connectivity index (χ0v) is 20.0. The molecule has 2 heterocycles. The van der Waals surface area contributed by atoms with Crippen molar-refractivity contribution in [2.45, 2.75) is 50.4 Å². The molecule has 0 atom stereocenters. The van der Waals surface area contributed by atoms with Crippen LogP contribution in [-0.4, -0.2) is 26.4 Å². The third-order valence-electron chi connectivity index (χ3n) is 5.43. The zero-order chi connectivity index (χ0) is 23.0. The molecular weight excluding hydrogens is 452 g/mol. The number of benzene rings is 1. The number of rotatable bonds is 10. The number of hydrogen-bond acceptors (Lipinski definition) is 7. The number of aromatic nitrogens is 3. The topological polar surface area (TPSA) is 95.6 Å². The van der Waals surface area contributed by atoms with Gasteiger partial charge in [-0.15, -0.1) is 28.1 Å². The Morgan fingerprint density at radius 2 is 2.09 bits per heavy atom. The molecule has 33 heavy (non-hydrogen) atoms. The molecule has 7 nitrogen and oxygen atoms in total. The van der Waals surface area contributed by atoms with Crippen LogP contribution in [0.1, 0.15) is 41.1 Å². The van der Waals surface area contributed by atoms with Crippen LogP contribution in [0.4, 0.5) is 10.7 Å². The lowest BCUT2D eigenvalue weighted by atomic mass is 9.96. The molecule has 0 unspecified atom stereocenters.